The highest BCUT2D eigenvalue weighted by molar-refractivity contribution is 6.20. The van der Waals surface area contributed by atoms with E-state index in [-0.39, 0.29) is 16.4 Å². The highest BCUT2D eigenvalue weighted by Crippen LogP contribution is 2.50. The fourth-order valence-electron chi connectivity index (χ4n) is 2.78. The van der Waals surface area contributed by atoms with Gasteiger partial charge in [0.15, 0.2) is 0 Å². The summed E-state index contributed by atoms with van der Waals surface area (Å²) in [5, 5.41) is 0.417. The van der Waals surface area contributed by atoms with Gasteiger partial charge in [0.25, 0.3) is 5.56 Å². The molecule has 0 amide bonds. The molecule has 0 aliphatic heterocycles. The van der Waals surface area contributed by atoms with E-state index in [1.54, 1.807) is 4.57 Å². The molecule has 2 aromatic rings. The van der Waals surface area contributed by atoms with Gasteiger partial charge in [0.2, 0.25) is 0 Å². The number of nitrogens with zero attached hydrogens (tertiary/aromatic N) is 2. The molecular weight excluding hydrogens is 272 g/mol. The predicted octanol–water partition coefficient (Wildman–Crippen LogP) is 3.89. The van der Waals surface area contributed by atoms with Crippen LogP contribution in [0.15, 0.2) is 29.1 Å². The van der Waals surface area contributed by atoms with Gasteiger partial charge >= 0.3 is 0 Å². The standard InChI is InChI=1S/C16H19ClN2O/c1-3-16(8-9-16)10-19-14(11(2)17)18-13-7-5-4-6-12(13)15(19)20/h4-7,11H,3,8-10H2,1-2H3. The molecule has 0 bridgehead atoms. The van der Waals surface area contributed by atoms with E-state index in [9.17, 15) is 4.79 Å². The van der Waals surface area contributed by atoms with E-state index >= 15 is 0 Å². The van der Waals surface area contributed by atoms with Crippen molar-refractivity contribution in [1.29, 1.82) is 0 Å². The fourth-order valence-corrected chi connectivity index (χ4v) is 2.94. The molecule has 20 heavy (non-hydrogen) atoms. The van der Waals surface area contributed by atoms with Crippen molar-refractivity contribution in [2.45, 2.75) is 45.0 Å². The lowest BCUT2D eigenvalue weighted by atomic mass is 10.0. The largest absolute Gasteiger partial charge is 0.294 e. The first kappa shape index (κ1) is 13.6. The molecule has 0 N–H and O–H groups in total. The average molecular weight is 291 g/mol. The van der Waals surface area contributed by atoms with Crippen LogP contribution in [0.1, 0.15) is 44.3 Å². The SMILES string of the molecule is CCC1(Cn2c(C(C)Cl)nc3ccccc3c2=O)CC1. The minimum absolute atomic E-state index is 0.0397. The van der Waals surface area contributed by atoms with Gasteiger partial charge in [0.1, 0.15) is 5.82 Å². The monoisotopic (exact) mass is 290 g/mol. The Morgan fingerprint density at radius 2 is 2.10 bits per heavy atom. The maximum atomic E-state index is 12.7. The Morgan fingerprint density at radius 3 is 2.70 bits per heavy atom. The minimum atomic E-state index is -0.264. The molecule has 1 heterocycles. The summed E-state index contributed by atoms with van der Waals surface area (Å²) in [4.78, 5) is 17.4. The van der Waals surface area contributed by atoms with Crippen LogP contribution in [0.2, 0.25) is 0 Å². The second kappa shape index (κ2) is 4.88. The number of para-hydroxylation sites is 1. The highest BCUT2D eigenvalue weighted by atomic mass is 35.5. The summed E-state index contributed by atoms with van der Waals surface area (Å²) in [6, 6.07) is 7.49. The van der Waals surface area contributed by atoms with Crippen LogP contribution in [-0.2, 0) is 6.54 Å². The molecule has 1 fully saturated rings. The average Bonchev–Trinajstić information content (AvgIpc) is 3.22. The van der Waals surface area contributed by atoms with Crippen molar-refractivity contribution in [3.8, 4) is 0 Å². The summed E-state index contributed by atoms with van der Waals surface area (Å²) in [5.74, 6) is 0.690. The van der Waals surface area contributed by atoms with Crippen LogP contribution in [0.4, 0.5) is 0 Å². The van der Waals surface area contributed by atoms with Gasteiger partial charge in [-0.15, -0.1) is 11.6 Å². The van der Waals surface area contributed by atoms with Gasteiger partial charge in [-0.1, -0.05) is 19.1 Å². The molecule has 1 atom stereocenters. The molecule has 4 heteroatoms. The van der Waals surface area contributed by atoms with Crippen LogP contribution in [0, 0.1) is 5.41 Å². The number of benzene rings is 1. The van der Waals surface area contributed by atoms with Crippen LogP contribution in [0.25, 0.3) is 10.9 Å². The molecule has 1 aliphatic rings. The second-order valence-electron chi connectivity index (χ2n) is 5.85. The van der Waals surface area contributed by atoms with Gasteiger partial charge in [-0.25, -0.2) is 4.98 Å². The topological polar surface area (TPSA) is 34.9 Å². The van der Waals surface area contributed by atoms with Crippen LogP contribution in [0.3, 0.4) is 0 Å². The van der Waals surface area contributed by atoms with E-state index in [1.165, 1.54) is 12.8 Å². The van der Waals surface area contributed by atoms with Crippen LogP contribution in [0.5, 0.6) is 0 Å². The van der Waals surface area contributed by atoms with E-state index in [0.717, 1.165) is 18.5 Å². The van der Waals surface area contributed by atoms with Gasteiger partial charge in [-0.3, -0.25) is 9.36 Å². The summed E-state index contributed by atoms with van der Waals surface area (Å²) >= 11 is 6.25. The van der Waals surface area contributed by atoms with E-state index in [1.807, 2.05) is 31.2 Å². The van der Waals surface area contributed by atoms with Gasteiger partial charge < -0.3 is 0 Å². The number of alkyl halides is 1. The third kappa shape index (κ3) is 2.24. The molecule has 0 saturated heterocycles. The zero-order valence-electron chi connectivity index (χ0n) is 11.9. The van der Waals surface area contributed by atoms with Crippen molar-refractivity contribution in [3.05, 3.63) is 40.4 Å². The summed E-state index contributed by atoms with van der Waals surface area (Å²) in [5.41, 5.74) is 1.06. The van der Waals surface area contributed by atoms with Crippen molar-refractivity contribution in [2.24, 2.45) is 5.41 Å². The smallest absolute Gasteiger partial charge is 0.261 e. The Kier molecular flexibility index (Phi) is 3.33. The van der Waals surface area contributed by atoms with Crippen molar-refractivity contribution in [2.75, 3.05) is 0 Å². The Hall–Kier alpha value is -1.35. The third-order valence-electron chi connectivity index (χ3n) is 4.45. The maximum absolute atomic E-state index is 12.7. The molecule has 106 valence electrons. The number of hydrogen-bond donors (Lipinski definition) is 0. The number of halogens is 1. The third-order valence-corrected chi connectivity index (χ3v) is 4.64. The fraction of sp³-hybridized carbons (Fsp3) is 0.500. The van der Waals surface area contributed by atoms with Gasteiger partial charge in [0.05, 0.1) is 16.3 Å². The molecule has 0 radical (unpaired) electrons. The number of fused-ring (bicyclic) bond motifs is 1. The summed E-state index contributed by atoms with van der Waals surface area (Å²) < 4.78 is 1.80. The molecule has 1 aromatic carbocycles. The molecule has 1 unspecified atom stereocenters. The second-order valence-corrected chi connectivity index (χ2v) is 6.50. The molecule has 1 saturated carbocycles. The highest BCUT2D eigenvalue weighted by Gasteiger charge is 2.41. The summed E-state index contributed by atoms with van der Waals surface area (Å²) in [6.45, 7) is 4.81. The van der Waals surface area contributed by atoms with E-state index in [0.29, 0.717) is 11.2 Å². The molecule has 1 aliphatic carbocycles. The number of rotatable bonds is 4. The molecular formula is C16H19ClN2O. The van der Waals surface area contributed by atoms with Gasteiger partial charge in [0, 0.05) is 6.54 Å². The zero-order valence-corrected chi connectivity index (χ0v) is 12.7. The lowest BCUT2D eigenvalue weighted by Crippen LogP contribution is -2.29. The van der Waals surface area contributed by atoms with E-state index in [2.05, 4.69) is 11.9 Å². The van der Waals surface area contributed by atoms with E-state index < -0.39 is 0 Å². The quantitative estimate of drug-likeness (QED) is 0.801. The summed E-state index contributed by atoms with van der Waals surface area (Å²) in [7, 11) is 0. The van der Waals surface area contributed by atoms with Crippen molar-refractivity contribution < 1.29 is 0 Å². The van der Waals surface area contributed by atoms with Crippen molar-refractivity contribution in [1.82, 2.24) is 9.55 Å². The first-order valence-electron chi connectivity index (χ1n) is 7.20. The number of aromatic nitrogens is 2. The zero-order chi connectivity index (χ0) is 14.3. The molecule has 3 nitrogen and oxygen atoms in total. The lowest BCUT2D eigenvalue weighted by molar-refractivity contribution is 0.391. The minimum Gasteiger partial charge on any atom is -0.294 e. The number of hydrogen-bond acceptors (Lipinski definition) is 2. The summed E-state index contributed by atoms with van der Waals surface area (Å²) in [6.07, 6.45) is 3.49. The molecule has 1 aromatic heterocycles. The van der Waals surface area contributed by atoms with Gasteiger partial charge in [-0.05, 0) is 43.7 Å². The van der Waals surface area contributed by atoms with Gasteiger partial charge in [-0.2, -0.15) is 0 Å². The Labute approximate surface area is 123 Å². The van der Waals surface area contributed by atoms with Crippen molar-refractivity contribution in [3.63, 3.8) is 0 Å². The molecule has 3 rings (SSSR count). The molecule has 0 spiro atoms. The normalized spacial score (nSPS) is 18.1. The van der Waals surface area contributed by atoms with Crippen LogP contribution in [-0.4, -0.2) is 9.55 Å². The maximum Gasteiger partial charge on any atom is 0.261 e. The first-order chi connectivity index (χ1) is 9.56. The Morgan fingerprint density at radius 1 is 1.40 bits per heavy atom. The van der Waals surface area contributed by atoms with Crippen molar-refractivity contribution >= 4 is 22.5 Å². The van der Waals surface area contributed by atoms with Crippen LogP contribution >= 0.6 is 11.6 Å². The lowest BCUT2D eigenvalue weighted by Gasteiger charge is -2.19. The van der Waals surface area contributed by atoms with Crippen LogP contribution < -0.4 is 5.56 Å². The predicted molar refractivity (Wildman–Crippen MR) is 82.2 cm³/mol. The Balaban J connectivity index is 2.20. The first-order valence-corrected chi connectivity index (χ1v) is 7.63. The Bertz CT molecular complexity index is 701. The van der Waals surface area contributed by atoms with E-state index in [4.69, 9.17) is 11.6 Å².